The van der Waals surface area contributed by atoms with Gasteiger partial charge in [0.1, 0.15) is 5.82 Å². The van der Waals surface area contributed by atoms with Crippen LogP contribution in [0.2, 0.25) is 0 Å². The van der Waals surface area contributed by atoms with Crippen LogP contribution in [0.5, 0.6) is 0 Å². The summed E-state index contributed by atoms with van der Waals surface area (Å²) in [4.78, 5) is 25.7. The lowest BCUT2D eigenvalue weighted by molar-refractivity contribution is -0.137. The SMILES string of the molecule is CN(C)c1nc(N)nc(CSCC(=O)Nc2ccccc2C(F)(F)F)n1. The van der Waals surface area contributed by atoms with Gasteiger partial charge < -0.3 is 16.0 Å². The minimum Gasteiger partial charge on any atom is -0.368 e. The van der Waals surface area contributed by atoms with Crippen LogP contribution in [-0.4, -0.2) is 40.7 Å². The van der Waals surface area contributed by atoms with E-state index in [1.807, 2.05) is 0 Å². The third-order valence-electron chi connectivity index (χ3n) is 3.06. The van der Waals surface area contributed by atoms with Crippen molar-refractivity contribution in [1.29, 1.82) is 0 Å². The number of nitrogen functional groups attached to an aromatic ring is 1. The van der Waals surface area contributed by atoms with E-state index in [4.69, 9.17) is 5.73 Å². The zero-order valence-electron chi connectivity index (χ0n) is 14.0. The van der Waals surface area contributed by atoms with Crippen molar-refractivity contribution in [2.24, 2.45) is 0 Å². The number of alkyl halides is 3. The number of nitrogens with two attached hydrogens (primary N) is 1. The fraction of sp³-hybridized carbons (Fsp3) is 0.333. The first kappa shape index (κ1) is 19.8. The molecule has 1 aromatic carbocycles. The molecular weight excluding hydrogens is 369 g/mol. The second-order valence-corrected chi connectivity index (χ2v) is 6.37. The Hall–Kier alpha value is -2.56. The number of anilines is 3. The van der Waals surface area contributed by atoms with Crippen molar-refractivity contribution in [2.45, 2.75) is 11.9 Å². The van der Waals surface area contributed by atoms with Crippen molar-refractivity contribution < 1.29 is 18.0 Å². The number of amides is 1. The minimum absolute atomic E-state index is 0.0582. The minimum atomic E-state index is -4.54. The lowest BCUT2D eigenvalue weighted by atomic mass is 10.1. The van der Waals surface area contributed by atoms with Crippen LogP contribution in [0, 0.1) is 0 Å². The van der Waals surface area contributed by atoms with E-state index in [9.17, 15) is 18.0 Å². The lowest BCUT2D eigenvalue weighted by Crippen LogP contribution is -2.18. The van der Waals surface area contributed by atoms with E-state index >= 15 is 0 Å². The number of carbonyl (C=O) groups excluding carboxylic acids is 1. The second kappa shape index (κ2) is 8.21. The first-order chi connectivity index (χ1) is 12.2. The number of aromatic nitrogens is 3. The number of nitrogens with one attached hydrogen (secondary N) is 1. The van der Waals surface area contributed by atoms with E-state index in [-0.39, 0.29) is 23.1 Å². The molecule has 26 heavy (non-hydrogen) atoms. The highest BCUT2D eigenvalue weighted by Gasteiger charge is 2.33. The average Bonchev–Trinajstić information content (AvgIpc) is 2.53. The monoisotopic (exact) mass is 386 g/mol. The molecule has 140 valence electrons. The molecule has 0 aliphatic heterocycles. The Bertz CT molecular complexity index is 784. The van der Waals surface area contributed by atoms with E-state index in [1.54, 1.807) is 19.0 Å². The molecule has 0 saturated heterocycles. The molecule has 3 N–H and O–H groups in total. The van der Waals surface area contributed by atoms with E-state index < -0.39 is 17.6 Å². The molecule has 2 rings (SSSR count). The molecule has 0 aliphatic rings. The van der Waals surface area contributed by atoms with Gasteiger partial charge in [0.25, 0.3) is 0 Å². The van der Waals surface area contributed by atoms with Crippen molar-refractivity contribution in [3.63, 3.8) is 0 Å². The Labute approximate surface area is 152 Å². The Kier molecular flexibility index (Phi) is 6.24. The molecule has 0 radical (unpaired) electrons. The third kappa shape index (κ3) is 5.48. The maximum Gasteiger partial charge on any atom is 0.418 e. The van der Waals surface area contributed by atoms with Crippen LogP contribution >= 0.6 is 11.8 Å². The number of para-hydroxylation sites is 1. The van der Waals surface area contributed by atoms with E-state index in [0.717, 1.165) is 17.8 Å². The Morgan fingerprint density at radius 2 is 1.92 bits per heavy atom. The van der Waals surface area contributed by atoms with Gasteiger partial charge in [-0.2, -0.15) is 28.1 Å². The number of hydrogen-bond acceptors (Lipinski definition) is 7. The molecule has 0 bridgehead atoms. The van der Waals surface area contributed by atoms with Crippen molar-refractivity contribution in [2.75, 3.05) is 35.8 Å². The van der Waals surface area contributed by atoms with Crippen LogP contribution < -0.4 is 16.0 Å². The topological polar surface area (TPSA) is 97.0 Å². The first-order valence-electron chi connectivity index (χ1n) is 7.38. The van der Waals surface area contributed by atoms with Gasteiger partial charge in [0, 0.05) is 14.1 Å². The van der Waals surface area contributed by atoms with Crippen molar-refractivity contribution in [3.05, 3.63) is 35.7 Å². The standard InChI is InChI=1S/C15H17F3N6OS/c1-24(2)14-22-11(21-13(19)23-14)7-26-8-12(25)20-10-6-4-3-5-9(10)15(16,17)18/h3-6H,7-8H2,1-2H3,(H,20,25)(H2,19,21,22,23). The van der Waals surface area contributed by atoms with Gasteiger partial charge in [-0.1, -0.05) is 12.1 Å². The molecule has 0 aliphatic carbocycles. The van der Waals surface area contributed by atoms with Crippen LogP contribution in [0.3, 0.4) is 0 Å². The van der Waals surface area contributed by atoms with Crippen LogP contribution in [0.4, 0.5) is 30.8 Å². The van der Waals surface area contributed by atoms with Crippen molar-refractivity contribution >= 4 is 35.3 Å². The molecular formula is C15H17F3N6OS. The van der Waals surface area contributed by atoms with Crippen LogP contribution in [-0.2, 0) is 16.7 Å². The highest BCUT2D eigenvalue weighted by Crippen LogP contribution is 2.34. The highest BCUT2D eigenvalue weighted by molar-refractivity contribution is 7.99. The number of benzene rings is 1. The number of halogens is 3. The van der Waals surface area contributed by atoms with Crippen LogP contribution in [0.15, 0.2) is 24.3 Å². The van der Waals surface area contributed by atoms with Gasteiger partial charge >= 0.3 is 6.18 Å². The molecule has 0 saturated carbocycles. The van der Waals surface area contributed by atoms with Crippen LogP contribution in [0.1, 0.15) is 11.4 Å². The molecule has 2 aromatic rings. The van der Waals surface area contributed by atoms with Crippen molar-refractivity contribution in [3.8, 4) is 0 Å². The molecule has 11 heteroatoms. The number of nitrogens with zero attached hydrogens (tertiary/aromatic N) is 4. The summed E-state index contributed by atoms with van der Waals surface area (Å²) >= 11 is 1.16. The van der Waals surface area contributed by atoms with Gasteiger partial charge in [-0.3, -0.25) is 4.79 Å². The summed E-state index contributed by atoms with van der Waals surface area (Å²) in [6.45, 7) is 0. The fourth-order valence-electron chi connectivity index (χ4n) is 1.95. The zero-order chi connectivity index (χ0) is 19.3. The van der Waals surface area contributed by atoms with Gasteiger partial charge in [-0.25, -0.2) is 0 Å². The summed E-state index contributed by atoms with van der Waals surface area (Å²) in [5.74, 6) is 0.479. The maximum absolute atomic E-state index is 12.9. The molecule has 7 nitrogen and oxygen atoms in total. The van der Waals surface area contributed by atoms with E-state index in [2.05, 4.69) is 20.3 Å². The number of rotatable bonds is 6. The lowest BCUT2D eigenvalue weighted by Gasteiger charge is -2.13. The summed E-state index contributed by atoms with van der Waals surface area (Å²) in [5.41, 5.74) is 4.44. The largest absolute Gasteiger partial charge is 0.418 e. The molecule has 1 amide bonds. The van der Waals surface area contributed by atoms with E-state index in [0.29, 0.717) is 11.8 Å². The van der Waals surface area contributed by atoms with Gasteiger partial charge in [0.15, 0.2) is 0 Å². The predicted octanol–water partition coefficient (Wildman–Crippen LogP) is 2.41. The first-order valence-corrected chi connectivity index (χ1v) is 8.54. The molecule has 0 spiro atoms. The van der Waals surface area contributed by atoms with Gasteiger partial charge in [0.05, 0.1) is 22.8 Å². The number of carbonyl (C=O) groups is 1. The average molecular weight is 386 g/mol. The smallest absolute Gasteiger partial charge is 0.368 e. The summed E-state index contributed by atoms with van der Waals surface area (Å²) in [7, 11) is 3.49. The Balaban J connectivity index is 1.95. The number of thioether (sulfide) groups is 1. The molecule has 1 heterocycles. The Morgan fingerprint density at radius 3 is 2.58 bits per heavy atom. The second-order valence-electron chi connectivity index (χ2n) is 5.39. The van der Waals surface area contributed by atoms with Crippen molar-refractivity contribution in [1.82, 2.24) is 15.0 Å². The summed E-state index contributed by atoms with van der Waals surface area (Å²) in [6.07, 6.45) is -4.54. The van der Waals surface area contributed by atoms with Crippen LogP contribution in [0.25, 0.3) is 0 Å². The quantitative estimate of drug-likeness (QED) is 0.787. The normalized spacial score (nSPS) is 11.3. The highest BCUT2D eigenvalue weighted by atomic mass is 32.2. The number of hydrogen-bond donors (Lipinski definition) is 2. The molecule has 1 aromatic heterocycles. The fourth-order valence-corrected chi connectivity index (χ4v) is 2.62. The molecule has 0 fully saturated rings. The maximum atomic E-state index is 12.9. The zero-order valence-corrected chi connectivity index (χ0v) is 14.9. The Morgan fingerprint density at radius 1 is 1.23 bits per heavy atom. The van der Waals surface area contributed by atoms with Gasteiger partial charge in [-0.15, -0.1) is 11.8 Å². The van der Waals surface area contributed by atoms with Gasteiger partial charge in [0.2, 0.25) is 17.8 Å². The predicted molar refractivity (Wildman–Crippen MR) is 94.8 cm³/mol. The van der Waals surface area contributed by atoms with Gasteiger partial charge in [-0.05, 0) is 12.1 Å². The summed E-state index contributed by atoms with van der Waals surface area (Å²) in [6, 6.07) is 4.82. The summed E-state index contributed by atoms with van der Waals surface area (Å²) < 4.78 is 38.8. The summed E-state index contributed by atoms with van der Waals surface area (Å²) in [5, 5.41) is 2.28. The van der Waals surface area contributed by atoms with E-state index in [1.165, 1.54) is 18.2 Å². The molecule has 0 atom stereocenters. The molecule has 0 unspecified atom stereocenters. The third-order valence-corrected chi connectivity index (χ3v) is 3.99.